The van der Waals surface area contributed by atoms with Gasteiger partial charge in [0.1, 0.15) is 5.52 Å². The van der Waals surface area contributed by atoms with Crippen LogP contribution in [0.5, 0.6) is 0 Å². The predicted molar refractivity (Wildman–Crippen MR) is 119 cm³/mol. The predicted octanol–water partition coefficient (Wildman–Crippen LogP) is 4.05. The van der Waals surface area contributed by atoms with Crippen molar-refractivity contribution in [3.63, 3.8) is 0 Å². The SMILES string of the molecule is Cc1ccccc1CN1CCN(C(=O)c2cccc3nc4ccccc4nc23)CC1. The van der Waals surface area contributed by atoms with E-state index in [1.165, 1.54) is 11.1 Å². The highest BCUT2D eigenvalue weighted by Gasteiger charge is 2.24. The van der Waals surface area contributed by atoms with Crippen molar-refractivity contribution in [2.24, 2.45) is 0 Å². The monoisotopic (exact) mass is 396 g/mol. The number of carbonyl (C=O) groups is 1. The molecule has 1 saturated heterocycles. The van der Waals surface area contributed by atoms with E-state index in [-0.39, 0.29) is 5.91 Å². The molecule has 0 unspecified atom stereocenters. The van der Waals surface area contributed by atoms with Gasteiger partial charge in [-0.15, -0.1) is 0 Å². The molecule has 150 valence electrons. The Balaban J connectivity index is 1.35. The molecule has 0 atom stereocenters. The number of piperazine rings is 1. The van der Waals surface area contributed by atoms with Gasteiger partial charge in [0, 0.05) is 32.7 Å². The molecular formula is C25H24N4O. The Morgan fingerprint density at radius 2 is 1.47 bits per heavy atom. The van der Waals surface area contributed by atoms with Crippen molar-refractivity contribution in [2.75, 3.05) is 26.2 Å². The third-order valence-electron chi connectivity index (χ3n) is 5.91. The second kappa shape index (κ2) is 7.84. The highest BCUT2D eigenvalue weighted by atomic mass is 16.2. The van der Waals surface area contributed by atoms with Crippen LogP contribution in [0.1, 0.15) is 21.5 Å². The molecule has 2 heterocycles. The van der Waals surface area contributed by atoms with Crippen LogP contribution >= 0.6 is 0 Å². The minimum Gasteiger partial charge on any atom is -0.336 e. The lowest BCUT2D eigenvalue weighted by Crippen LogP contribution is -2.48. The molecule has 1 fully saturated rings. The maximum Gasteiger partial charge on any atom is 0.256 e. The molecule has 1 aliphatic heterocycles. The smallest absolute Gasteiger partial charge is 0.256 e. The molecule has 0 aliphatic carbocycles. The summed E-state index contributed by atoms with van der Waals surface area (Å²) in [6.45, 7) is 6.28. The van der Waals surface area contributed by atoms with Crippen molar-refractivity contribution in [2.45, 2.75) is 13.5 Å². The number of para-hydroxylation sites is 3. The Bertz CT molecular complexity index is 1230. The normalized spacial score (nSPS) is 15.0. The number of fused-ring (bicyclic) bond motifs is 2. The van der Waals surface area contributed by atoms with E-state index in [2.05, 4.69) is 36.1 Å². The van der Waals surface area contributed by atoms with E-state index in [4.69, 9.17) is 9.97 Å². The number of carbonyl (C=O) groups excluding carboxylic acids is 1. The van der Waals surface area contributed by atoms with E-state index < -0.39 is 0 Å². The first-order chi connectivity index (χ1) is 14.7. The zero-order valence-corrected chi connectivity index (χ0v) is 17.1. The first kappa shape index (κ1) is 18.7. The van der Waals surface area contributed by atoms with E-state index >= 15 is 0 Å². The molecule has 5 nitrogen and oxygen atoms in total. The first-order valence-corrected chi connectivity index (χ1v) is 10.4. The fourth-order valence-corrected chi connectivity index (χ4v) is 4.12. The van der Waals surface area contributed by atoms with Gasteiger partial charge >= 0.3 is 0 Å². The number of hydrogen-bond donors (Lipinski definition) is 0. The molecule has 0 saturated carbocycles. The van der Waals surface area contributed by atoms with Crippen LogP contribution in [-0.4, -0.2) is 51.9 Å². The van der Waals surface area contributed by atoms with Gasteiger partial charge in [0.2, 0.25) is 0 Å². The first-order valence-electron chi connectivity index (χ1n) is 10.4. The van der Waals surface area contributed by atoms with E-state index in [0.717, 1.165) is 49.3 Å². The molecule has 3 aromatic carbocycles. The topological polar surface area (TPSA) is 49.3 Å². The molecule has 0 spiro atoms. The largest absolute Gasteiger partial charge is 0.336 e. The number of rotatable bonds is 3. The van der Waals surface area contributed by atoms with Gasteiger partial charge < -0.3 is 4.90 Å². The second-order valence-corrected chi connectivity index (χ2v) is 7.88. The standard InChI is InChI=1S/C25H24N4O/c1-18-7-2-3-8-19(18)17-28-13-15-29(16-14-28)25(30)20-9-6-12-23-24(20)27-22-11-5-4-10-21(22)26-23/h2-12H,13-17H2,1H3. The van der Waals surface area contributed by atoms with E-state index in [1.807, 2.05) is 47.4 Å². The van der Waals surface area contributed by atoms with Gasteiger partial charge in [0.05, 0.1) is 22.1 Å². The van der Waals surface area contributed by atoms with Crippen LogP contribution in [0, 0.1) is 6.92 Å². The van der Waals surface area contributed by atoms with Crippen LogP contribution in [0.25, 0.3) is 22.1 Å². The highest BCUT2D eigenvalue weighted by molar-refractivity contribution is 6.06. The number of nitrogens with zero attached hydrogens (tertiary/aromatic N) is 4. The van der Waals surface area contributed by atoms with Crippen molar-refractivity contribution in [3.8, 4) is 0 Å². The average molecular weight is 396 g/mol. The molecule has 30 heavy (non-hydrogen) atoms. The summed E-state index contributed by atoms with van der Waals surface area (Å²) in [6, 6.07) is 22.0. The number of amides is 1. The van der Waals surface area contributed by atoms with Crippen molar-refractivity contribution < 1.29 is 4.79 Å². The summed E-state index contributed by atoms with van der Waals surface area (Å²) in [5.41, 5.74) is 6.41. The molecule has 0 bridgehead atoms. The van der Waals surface area contributed by atoms with Crippen LogP contribution in [0.4, 0.5) is 0 Å². The number of aromatic nitrogens is 2. The van der Waals surface area contributed by atoms with Gasteiger partial charge in [0.15, 0.2) is 0 Å². The van der Waals surface area contributed by atoms with Gasteiger partial charge in [-0.3, -0.25) is 9.69 Å². The lowest BCUT2D eigenvalue weighted by Gasteiger charge is -2.35. The fourth-order valence-electron chi connectivity index (χ4n) is 4.12. The Morgan fingerprint density at radius 1 is 0.800 bits per heavy atom. The quantitative estimate of drug-likeness (QED) is 0.490. The van der Waals surface area contributed by atoms with Crippen LogP contribution in [-0.2, 0) is 6.54 Å². The number of hydrogen-bond acceptors (Lipinski definition) is 4. The molecule has 1 amide bonds. The summed E-state index contributed by atoms with van der Waals surface area (Å²) in [5.74, 6) is 0.0423. The van der Waals surface area contributed by atoms with E-state index in [0.29, 0.717) is 11.1 Å². The molecular weight excluding hydrogens is 372 g/mol. The summed E-state index contributed by atoms with van der Waals surface area (Å²) in [4.78, 5) is 27.1. The lowest BCUT2D eigenvalue weighted by molar-refractivity contribution is 0.0630. The van der Waals surface area contributed by atoms with Crippen LogP contribution in [0.3, 0.4) is 0 Å². The summed E-state index contributed by atoms with van der Waals surface area (Å²) in [7, 11) is 0. The molecule has 4 aromatic rings. The molecule has 5 heteroatoms. The Hall–Kier alpha value is -3.31. The summed E-state index contributed by atoms with van der Waals surface area (Å²) in [5, 5.41) is 0. The Labute approximate surface area is 176 Å². The molecule has 0 radical (unpaired) electrons. The third kappa shape index (κ3) is 3.53. The van der Waals surface area contributed by atoms with Crippen LogP contribution in [0.15, 0.2) is 66.7 Å². The van der Waals surface area contributed by atoms with Crippen LogP contribution < -0.4 is 0 Å². The Morgan fingerprint density at radius 3 is 2.23 bits per heavy atom. The number of benzene rings is 3. The Kier molecular flexibility index (Phi) is 4.89. The second-order valence-electron chi connectivity index (χ2n) is 7.88. The minimum absolute atomic E-state index is 0.0423. The van der Waals surface area contributed by atoms with Gasteiger partial charge in [-0.1, -0.05) is 42.5 Å². The lowest BCUT2D eigenvalue weighted by atomic mass is 10.1. The summed E-state index contributed by atoms with van der Waals surface area (Å²) >= 11 is 0. The minimum atomic E-state index is 0.0423. The van der Waals surface area contributed by atoms with Gasteiger partial charge in [-0.05, 0) is 42.3 Å². The maximum atomic E-state index is 13.3. The zero-order valence-electron chi connectivity index (χ0n) is 17.1. The zero-order chi connectivity index (χ0) is 20.5. The van der Waals surface area contributed by atoms with E-state index in [1.54, 1.807) is 0 Å². The maximum absolute atomic E-state index is 13.3. The average Bonchev–Trinajstić information content (AvgIpc) is 2.79. The van der Waals surface area contributed by atoms with Crippen molar-refractivity contribution in [1.82, 2.24) is 19.8 Å². The summed E-state index contributed by atoms with van der Waals surface area (Å²) < 4.78 is 0. The molecule has 5 rings (SSSR count). The molecule has 0 N–H and O–H groups in total. The van der Waals surface area contributed by atoms with Crippen molar-refractivity contribution in [3.05, 3.63) is 83.4 Å². The van der Waals surface area contributed by atoms with Crippen molar-refractivity contribution in [1.29, 1.82) is 0 Å². The number of aryl methyl sites for hydroxylation is 1. The van der Waals surface area contributed by atoms with Gasteiger partial charge in [0.25, 0.3) is 5.91 Å². The van der Waals surface area contributed by atoms with Gasteiger partial charge in [-0.25, -0.2) is 9.97 Å². The van der Waals surface area contributed by atoms with E-state index in [9.17, 15) is 4.79 Å². The molecule has 1 aliphatic rings. The molecule has 1 aromatic heterocycles. The highest BCUT2D eigenvalue weighted by Crippen LogP contribution is 2.21. The fraction of sp³-hybridized carbons (Fsp3) is 0.240. The van der Waals surface area contributed by atoms with Gasteiger partial charge in [-0.2, -0.15) is 0 Å². The van der Waals surface area contributed by atoms with Crippen molar-refractivity contribution >= 4 is 28.0 Å². The third-order valence-corrected chi connectivity index (χ3v) is 5.91. The summed E-state index contributed by atoms with van der Waals surface area (Å²) in [6.07, 6.45) is 0. The van der Waals surface area contributed by atoms with Crippen LogP contribution in [0.2, 0.25) is 0 Å².